The van der Waals surface area contributed by atoms with Crippen LogP contribution in [0.1, 0.15) is 31.7 Å². The van der Waals surface area contributed by atoms with Crippen molar-refractivity contribution in [1.82, 2.24) is 28.4 Å². The summed E-state index contributed by atoms with van der Waals surface area (Å²) < 4.78 is 5.45. The smallest absolute Gasteiger partial charge is 0.313 e. The number of piperidine rings is 1. The number of rotatable bonds is 3. The average molecular weight is 372 g/mol. The molecule has 3 aromatic heterocycles. The van der Waals surface area contributed by atoms with Crippen LogP contribution in [0, 0.1) is 25.7 Å². The minimum Gasteiger partial charge on any atom is -0.313 e. The first-order valence-electron chi connectivity index (χ1n) is 9.67. The van der Waals surface area contributed by atoms with Crippen molar-refractivity contribution in [3.05, 3.63) is 32.2 Å². The van der Waals surface area contributed by atoms with Crippen molar-refractivity contribution < 1.29 is 0 Å². The summed E-state index contributed by atoms with van der Waals surface area (Å²) >= 11 is 0. The quantitative estimate of drug-likeness (QED) is 0.751. The first-order valence-corrected chi connectivity index (χ1v) is 9.67. The van der Waals surface area contributed by atoms with Crippen LogP contribution in [0.25, 0.3) is 16.9 Å². The van der Waals surface area contributed by atoms with Gasteiger partial charge in [0.2, 0.25) is 5.78 Å². The number of likely N-dealkylation sites (tertiary alicyclic amines) is 1. The molecule has 3 aromatic rings. The lowest BCUT2D eigenvalue weighted by Gasteiger charge is -2.35. The Morgan fingerprint density at radius 2 is 1.74 bits per heavy atom. The molecule has 0 amide bonds. The molecule has 0 spiro atoms. The zero-order valence-corrected chi connectivity index (χ0v) is 16.7. The van der Waals surface area contributed by atoms with E-state index in [9.17, 15) is 9.59 Å². The Balaban J connectivity index is 1.77. The molecular weight excluding hydrogens is 344 g/mol. The van der Waals surface area contributed by atoms with Crippen molar-refractivity contribution in [2.45, 2.75) is 40.7 Å². The van der Waals surface area contributed by atoms with Crippen LogP contribution >= 0.6 is 0 Å². The first kappa shape index (κ1) is 18.0. The molecular formula is C19H28N6O2. The summed E-state index contributed by atoms with van der Waals surface area (Å²) in [6.45, 7) is 12.7. The summed E-state index contributed by atoms with van der Waals surface area (Å²) in [6, 6.07) is 0. The van der Waals surface area contributed by atoms with Gasteiger partial charge in [-0.05, 0) is 32.1 Å². The maximum absolute atomic E-state index is 12.4. The molecule has 0 aliphatic carbocycles. The van der Waals surface area contributed by atoms with Crippen LogP contribution in [0.3, 0.4) is 0 Å². The van der Waals surface area contributed by atoms with Gasteiger partial charge in [0, 0.05) is 44.6 Å². The minimum absolute atomic E-state index is 0.389. The molecule has 0 aromatic carbocycles. The third-order valence-corrected chi connectivity index (χ3v) is 5.99. The number of nitrogens with one attached hydrogen (secondary N) is 1. The molecule has 0 radical (unpaired) electrons. The molecule has 2 atom stereocenters. The second-order valence-corrected chi connectivity index (χ2v) is 8.27. The van der Waals surface area contributed by atoms with Gasteiger partial charge in [0.05, 0.1) is 0 Å². The second-order valence-electron chi connectivity index (χ2n) is 8.27. The highest BCUT2D eigenvalue weighted by Crippen LogP contribution is 2.23. The van der Waals surface area contributed by atoms with Crippen molar-refractivity contribution >= 4 is 16.9 Å². The minimum atomic E-state index is -0.439. The van der Waals surface area contributed by atoms with Crippen molar-refractivity contribution in [3.8, 4) is 0 Å². The Labute approximate surface area is 157 Å². The number of aryl methyl sites for hydroxylation is 2. The topological polar surface area (TPSA) is 80.3 Å². The van der Waals surface area contributed by atoms with Crippen LogP contribution in [0.15, 0.2) is 9.59 Å². The van der Waals surface area contributed by atoms with E-state index in [4.69, 9.17) is 0 Å². The SMILES string of the molecule is Cc1c(C)n2c3c(=O)[nH]c(=O)n(C)c3nc2n1CCN1C[C@@H](C)C[C@H](C)C1. The predicted octanol–water partition coefficient (Wildman–Crippen LogP) is 1.27. The molecule has 8 heteroatoms. The van der Waals surface area contributed by atoms with Crippen molar-refractivity contribution in [1.29, 1.82) is 0 Å². The van der Waals surface area contributed by atoms with E-state index in [-0.39, 0.29) is 5.56 Å². The highest BCUT2D eigenvalue weighted by molar-refractivity contribution is 5.76. The van der Waals surface area contributed by atoms with Crippen LogP contribution in [0.2, 0.25) is 0 Å². The fourth-order valence-corrected chi connectivity index (χ4v) is 4.66. The fourth-order valence-electron chi connectivity index (χ4n) is 4.66. The van der Waals surface area contributed by atoms with E-state index in [0.717, 1.165) is 55.2 Å². The lowest BCUT2D eigenvalue weighted by atomic mass is 9.92. The number of imidazole rings is 2. The zero-order chi connectivity index (χ0) is 19.5. The number of nitrogens with zero attached hydrogens (tertiary/aromatic N) is 5. The molecule has 8 nitrogen and oxygen atoms in total. The molecule has 1 aliphatic heterocycles. The zero-order valence-electron chi connectivity index (χ0n) is 16.7. The number of aromatic nitrogens is 5. The first-order chi connectivity index (χ1) is 12.8. The molecule has 1 aliphatic rings. The number of H-pyrrole nitrogens is 1. The van der Waals surface area contributed by atoms with E-state index < -0.39 is 5.69 Å². The molecule has 1 saturated heterocycles. The van der Waals surface area contributed by atoms with E-state index in [2.05, 4.69) is 40.2 Å². The van der Waals surface area contributed by atoms with Gasteiger partial charge in [-0.2, -0.15) is 4.98 Å². The second kappa shape index (κ2) is 6.37. The maximum atomic E-state index is 12.4. The summed E-state index contributed by atoms with van der Waals surface area (Å²) in [5.74, 6) is 2.18. The molecule has 0 bridgehead atoms. The molecule has 4 heterocycles. The highest BCUT2D eigenvalue weighted by atomic mass is 16.2. The van der Waals surface area contributed by atoms with E-state index >= 15 is 0 Å². The Morgan fingerprint density at radius 3 is 2.41 bits per heavy atom. The summed E-state index contributed by atoms with van der Waals surface area (Å²) in [5, 5.41) is 0. The van der Waals surface area contributed by atoms with E-state index in [1.54, 1.807) is 7.05 Å². The standard InChI is InChI=1S/C19H28N6O2/c1-11-8-12(2)10-23(9-11)6-7-24-13(3)14(4)25-15-16(20-18(24)25)22(5)19(27)21-17(15)26/h11-12H,6-10H2,1-5H3,(H,21,26,27)/t11-,12-/m0/s1. The van der Waals surface area contributed by atoms with Gasteiger partial charge in [-0.1, -0.05) is 13.8 Å². The van der Waals surface area contributed by atoms with Gasteiger partial charge in [0.1, 0.15) is 0 Å². The normalized spacial score (nSPS) is 21.5. The van der Waals surface area contributed by atoms with Crippen molar-refractivity contribution in [3.63, 3.8) is 0 Å². The molecule has 27 heavy (non-hydrogen) atoms. The van der Waals surface area contributed by atoms with Gasteiger partial charge < -0.3 is 9.47 Å². The van der Waals surface area contributed by atoms with E-state index in [0.29, 0.717) is 11.2 Å². The Kier molecular flexibility index (Phi) is 4.25. The van der Waals surface area contributed by atoms with Gasteiger partial charge in [-0.3, -0.25) is 18.7 Å². The lowest BCUT2D eigenvalue weighted by Crippen LogP contribution is -2.40. The fraction of sp³-hybridized carbons (Fsp3) is 0.632. The maximum Gasteiger partial charge on any atom is 0.329 e. The number of hydrogen-bond acceptors (Lipinski definition) is 4. The van der Waals surface area contributed by atoms with Crippen LogP contribution < -0.4 is 11.2 Å². The monoisotopic (exact) mass is 372 g/mol. The number of fused-ring (bicyclic) bond motifs is 3. The third-order valence-electron chi connectivity index (χ3n) is 5.99. The molecule has 0 unspecified atom stereocenters. The summed E-state index contributed by atoms with van der Waals surface area (Å²) in [6.07, 6.45) is 1.30. The van der Waals surface area contributed by atoms with Gasteiger partial charge in [-0.25, -0.2) is 4.79 Å². The van der Waals surface area contributed by atoms with E-state index in [1.807, 2.05) is 11.3 Å². The predicted molar refractivity (Wildman–Crippen MR) is 105 cm³/mol. The largest absolute Gasteiger partial charge is 0.329 e. The molecule has 1 N–H and O–H groups in total. The number of aromatic amines is 1. The Hall–Kier alpha value is -2.35. The van der Waals surface area contributed by atoms with Crippen LogP contribution in [-0.4, -0.2) is 48.0 Å². The molecule has 146 valence electrons. The van der Waals surface area contributed by atoms with Crippen LogP contribution in [0.5, 0.6) is 0 Å². The van der Waals surface area contributed by atoms with Gasteiger partial charge in [0.25, 0.3) is 5.56 Å². The summed E-state index contributed by atoms with van der Waals surface area (Å²) in [7, 11) is 1.64. The summed E-state index contributed by atoms with van der Waals surface area (Å²) in [5.41, 5.74) is 2.12. The van der Waals surface area contributed by atoms with Gasteiger partial charge >= 0.3 is 5.69 Å². The Morgan fingerprint density at radius 1 is 1.07 bits per heavy atom. The molecule has 0 saturated carbocycles. The molecule has 4 rings (SSSR count). The van der Waals surface area contributed by atoms with Crippen LogP contribution in [0.4, 0.5) is 0 Å². The number of hydrogen-bond donors (Lipinski definition) is 1. The molecule has 1 fully saturated rings. The van der Waals surface area contributed by atoms with Crippen LogP contribution in [-0.2, 0) is 13.6 Å². The van der Waals surface area contributed by atoms with Crippen molar-refractivity contribution in [2.24, 2.45) is 18.9 Å². The van der Waals surface area contributed by atoms with Gasteiger partial charge in [0.15, 0.2) is 11.2 Å². The van der Waals surface area contributed by atoms with E-state index in [1.165, 1.54) is 11.0 Å². The Bertz CT molecular complexity index is 1120. The highest BCUT2D eigenvalue weighted by Gasteiger charge is 2.23. The van der Waals surface area contributed by atoms with Gasteiger partial charge in [-0.15, -0.1) is 0 Å². The van der Waals surface area contributed by atoms with Crippen molar-refractivity contribution in [2.75, 3.05) is 19.6 Å². The summed E-state index contributed by atoms with van der Waals surface area (Å²) in [4.78, 5) is 33.9. The third kappa shape index (κ3) is 2.82. The average Bonchev–Trinajstić information content (AvgIpc) is 3.08. The lowest BCUT2D eigenvalue weighted by molar-refractivity contribution is 0.137.